The maximum atomic E-state index is 14.1. The molecule has 2 aromatic heterocycles. The van der Waals surface area contributed by atoms with E-state index in [2.05, 4.69) is 10.1 Å². The molecule has 0 aliphatic heterocycles. The van der Waals surface area contributed by atoms with Gasteiger partial charge in [-0.3, -0.25) is 4.68 Å². The Morgan fingerprint density at radius 2 is 2.00 bits per heavy atom. The van der Waals surface area contributed by atoms with Crippen molar-refractivity contribution in [3.63, 3.8) is 0 Å². The molecule has 3 aromatic rings. The van der Waals surface area contributed by atoms with Crippen molar-refractivity contribution in [1.82, 2.24) is 14.8 Å². The van der Waals surface area contributed by atoms with Crippen LogP contribution in [0.25, 0.3) is 22.6 Å². The van der Waals surface area contributed by atoms with Gasteiger partial charge in [0, 0.05) is 12.4 Å². The molecule has 0 fully saturated rings. The van der Waals surface area contributed by atoms with Crippen LogP contribution in [0.3, 0.4) is 0 Å². The zero-order valence-electron chi connectivity index (χ0n) is 14.2. The van der Waals surface area contributed by atoms with E-state index in [1.807, 2.05) is 0 Å². The molecule has 0 unspecified atom stereocenters. The monoisotopic (exact) mass is 462 g/mol. The molecule has 12 heteroatoms. The molecule has 2 heterocycles. The summed E-state index contributed by atoms with van der Waals surface area (Å²) in [7, 11) is 1.15. The number of allylic oxidation sites excluding steroid dienone is 1. The van der Waals surface area contributed by atoms with Crippen LogP contribution in [-0.4, -0.2) is 19.9 Å². The predicted molar refractivity (Wildman–Crippen MR) is 101 cm³/mol. The Labute approximate surface area is 175 Å². The van der Waals surface area contributed by atoms with Gasteiger partial charge in [-0.15, -0.1) is 11.3 Å². The van der Waals surface area contributed by atoms with E-state index in [9.17, 15) is 27.9 Å². The van der Waals surface area contributed by atoms with Crippen molar-refractivity contribution >= 4 is 45.9 Å². The number of nitrogens with zero attached hydrogens (tertiary/aromatic N) is 4. The van der Waals surface area contributed by atoms with Crippen LogP contribution in [0.4, 0.5) is 17.6 Å². The molecular weight excluding hydrogens is 455 g/mol. The number of aryl methyl sites for hydroxylation is 1. The van der Waals surface area contributed by atoms with Gasteiger partial charge in [0.25, 0.3) is 0 Å². The number of thiazole rings is 1. The number of aromatic nitrogens is 3. The van der Waals surface area contributed by atoms with Gasteiger partial charge in [-0.05, 0) is 12.1 Å². The number of nitriles is 1. The van der Waals surface area contributed by atoms with E-state index in [1.165, 1.54) is 17.5 Å². The van der Waals surface area contributed by atoms with Crippen molar-refractivity contribution in [1.29, 1.82) is 5.26 Å². The van der Waals surface area contributed by atoms with Crippen LogP contribution in [0.5, 0.6) is 0 Å². The average molecular weight is 463 g/mol. The molecule has 0 spiro atoms. The first-order valence-electron chi connectivity index (χ1n) is 7.60. The largest absolute Gasteiger partial charge is 0.506 e. The lowest BCUT2D eigenvalue weighted by atomic mass is 10.1. The molecule has 0 bridgehead atoms. The second-order valence-corrected chi connectivity index (χ2v) is 7.23. The van der Waals surface area contributed by atoms with Crippen molar-refractivity contribution in [3.8, 4) is 17.3 Å². The Morgan fingerprint density at radius 3 is 2.59 bits per heavy atom. The third-order valence-corrected chi connectivity index (χ3v) is 5.38. The highest BCUT2D eigenvalue weighted by Gasteiger charge is 2.40. The summed E-state index contributed by atoms with van der Waals surface area (Å²) < 4.78 is 54.6. The second-order valence-electron chi connectivity index (χ2n) is 5.61. The molecular formula is C17H8Cl2F4N4OS. The Bertz CT molecular complexity index is 1160. The van der Waals surface area contributed by atoms with Gasteiger partial charge in [0.15, 0.2) is 5.69 Å². The number of alkyl halides is 3. The van der Waals surface area contributed by atoms with Gasteiger partial charge in [0.2, 0.25) is 0 Å². The predicted octanol–water partition coefficient (Wildman–Crippen LogP) is 5.96. The van der Waals surface area contributed by atoms with E-state index in [1.54, 1.807) is 6.07 Å². The first-order chi connectivity index (χ1) is 13.6. The number of aliphatic hydroxyl groups is 1. The van der Waals surface area contributed by atoms with E-state index in [4.69, 9.17) is 23.2 Å². The minimum absolute atomic E-state index is 0.0381. The van der Waals surface area contributed by atoms with Crippen molar-refractivity contribution in [2.45, 2.75) is 6.18 Å². The van der Waals surface area contributed by atoms with Gasteiger partial charge >= 0.3 is 6.18 Å². The summed E-state index contributed by atoms with van der Waals surface area (Å²) in [4.78, 5) is 4.05. The van der Waals surface area contributed by atoms with Gasteiger partial charge < -0.3 is 5.11 Å². The zero-order chi connectivity index (χ0) is 21.5. The van der Waals surface area contributed by atoms with Crippen LogP contribution in [0.15, 0.2) is 23.6 Å². The van der Waals surface area contributed by atoms with Gasteiger partial charge in [-0.2, -0.15) is 23.5 Å². The third kappa shape index (κ3) is 3.81. The maximum absolute atomic E-state index is 14.1. The van der Waals surface area contributed by atoms with Crippen LogP contribution >= 0.6 is 34.5 Å². The van der Waals surface area contributed by atoms with Gasteiger partial charge in [-0.1, -0.05) is 29.3 Å². The van der Waals surface area contributed by atoms with Crippen molar-refractivity contribution < 1.29 is 22.7 Å². The van der Waals surface area contributed by atoms with Gasteiger partial charge in [0.1, 0.15) is 33.4 Å². The minimum Gasteiger partial charge on any atom is -0.506 e. The molecule has 0 atom stereocenters. The molecule has 0 amide bonds. The highest BCUT2D eigenvalue weighted by molar-refractivity contribution is 7.11. The van der Waals surface area contributed by atoms with E-state index in [0.717, 1.165) is 29.1 Å². The highest BCUT2D eigenvalue weighted by Crippen LogP contribution is 2.40. The first-order valence-corrected chi connectivity index (χ1v) is 9.23. The maximum Gasteiger partial charge on any atom is 0.435 e. The lowest BCUT2D eigenvalue weighted by molar-refractivity contribution is -0.141. The fourth-order valence-electron chi connectivity index (χ4n) is 2.48. The Kier molecular flexibility index (Phi) is 5.58. The minimum atomic E-state index is -4.93. The summed E-state index contributed by atoms with van der Waals surface area (Å²) in [5.74, 6) is -1.71. The van der Waals surface area contributed by atoms with Crippen LogP contribution in [0.1, 0.15) is 16.3 Å². The van der Waals surface area contributed by atoms with E-state index >= 15 is 0 Å². The SMILES string of the molecule is Cn1nc(C(F)(F)F)c(C(O)=C(C#N)c2nc(-c3c(F)cccc3Cl)cs2)c1Cl. The topological polar surface area (TPSA) is 74.7 Å². The summed E-state index contributed by atoms with van der Waals surface area (Å²) >= 11 is 12.7. The molecule has 29 heavy (non-hydrogen) atoms. The first kappa shape index (κ1) is 21.1. The number of rotatable bonds is 3. The summed E-state index contributed by atoms with van der Waals surface area (Å²) in [6, 6.07) is 5.60. The number of halogens is 6. The summed E-state index contributed by atoms with van der Waals surface area (Å²) in [6.07, 6.45) is -4.93. The average Bonchev–Trinajstić information content (AvgIpc) is 3.21. The van der Waals surface area contributed by atoms with E-state index < -0.39 is 39.7 Å². The standard InChI is InChI=1S/C17H8Cl2F4N4OS/c1-27-15(19)12(14(26-27)17(21,22)23)13(28)7(5-24)16-25-10(6-29-16)11-8(18)3-2-4-9(11)20/h2-4,6,28H,1H3. The van der Waals surface area contributed by atoms with Crippen LogP contribution in [-0.2, 0) is 13.2 Å². The number of benzene rings is 1. The molecule has 150 valence electrons. The van der Waals surface area contributed by atoms with Crippen molar-refractivity contribution in [3.05, 3.63) is 55.8 Å². The van der Waals surface area contributed by atoms with E-state index in [-0.39, 0.29) is 21.3 Å². The zero-order valence-corrected chi connectivity index (χ0v) is 16.5. The lowest BCUT2D eigenvalue weighted by Crippen LogP contribution is -2.09. The molecule has 1 aromatic carbocycles. The number of hydrogen-bond donors (Lipinski definition) is 1. The lowest BCUT2D eigenvalue weighted by Gasteiger charge is -2.07. The number of aliphatic hydroxyl groups excluding tert-OH is 1. The normalized spacial score (nSPS) is 12.6. The Balaban J connectivity index is 2.19. The van der Waals surface area contributed by atoms with Crippen LogP contribution in [0.2, 0.25) is 10.2 Å². The van der Waals surface area contributed by atoms with Gasteiger partial charge in [0.05, 0.1) is 21.8 Å². The molecule has 3 rings (SSSR count). The molecule has 5 nitrogen and oxygen atoms in total. The fraction of sp³-hybridized carbons (Fsp3) is 0.118. The molecule has 0 saturated carbocycles. The third-order valence-electron chi connectivity index (χ3n) is 3.77. The Morgan fingerprint density at radius 1 is 1.31 bits per heavy atom. The van der Waals surface area contributed by atoms with Crippen LogP contribution in [0, 0.1) is 17.1 Å². The van der Waals surface area contributed by atoms with Gasteiger partial charge in [-0.25, -0.2) is 9.37 Å². The fourth-order valence-corrected chi connectivity index (χ4v) is 3.77. The van der Waals surface area contributed by atoms with E-state index in [0.29, 0.717) is 0 Å². The van der Waals surface area contributed by atoms with Crippen LogP contribution < -0.4 is 0 Å². The summed E-state index contributed by atoms with van der Waals surface area (Å²) in [5.41, 5.74) is -2.86. The molecule has 0 aliphatic carbocycles. The highest BCUT2D eigenvalue weighted by atomic mass is 35.5. The molecule has 0 aliphatic rings. The summed E-state index contributed by atoms with van der Waals surface area (Å²) in [5, 5.41) is 23.9. The molecule has 1 N–H and O–H groups in total. The number of hydrogen-bond acceptors (Lipinski definition) is 5. The molecule has 0 radical (unpaired) electrons. The molecule has 0 saturated heterocycles. The smallest absolute Gasteiger partial charge is 0.435 e. The Hall–Kier alpha value is -2.61. The quantitative estimate of drug-likeness (QED) is 0.296. The summed E-state index contributed by atoms with van der Waals surface area (Å²) in [6.45, 7) is 0. The van der Waals surface area contributed by atoms with Crippen molar-refractivity contribution in [2.75, 3.05) is 0 Å². The van der Waals surface area contributed by atoms with Crippen molar-refractivity contribution in [2.24, 2.45) is 7.05 Å². The second kappa shape index (κ2) is 7.67.